The fourth-order valence-electron chi connectivity index (χ4n) is 3.07. The molecular formula is C22H17ClN4O4S. The summed E-state index contributed by atoms with van der Waals surface area (Å²) < 4.78 is 28.9. The average Bonchev–Trinajstić information content (AvgIpc) is 2.77. The molecule has 0 unspecified atom stereocenters. The standard InChI is InChI=1S/C22H17ClN4O4S/c23-19-10-3-4-11-20(19)26-32(30,31)17-8-5-7-16(12-17)25-21(28)14-27-22(29)18-9-2-1-6-15(18)13-24-27/h1-13,26H,14H2,(H,25,28). The first-order chi connectivity index (χ1) is 15.3. The summed E-state index contributed by atoms with van der Waals surface area (Å²) in [5.41, 5.74) is 0.106. The Hall–Kier alpha value is -3.69. The lowest BCUT2D eigenvalue weighted by Gasteiger charge is -2.11. The van der Waals surface area contributed by atoms with Gasteiger partial charge >= 0.3 is 0 Å². The Morgan fingerprint density at radius 1 is 1.00 bits per heavy atom. The zero-order valence-electron chi connectivity index (χ0n) is 16.5. The molecule has 162 valence electrons. The SMILES string of the molecule is O=C(Cn1ncc2ccccc2c1=O)Nc1cccc(S(=O)(=O)Nc2ccccc2Cl)c1. The Balaban J connectivity index is 1.52. The van der Waals surface area contributed by atoms with Crippen LogP contribution in [0.4, 0.5) is 11.4 Å². The molecule has 0 aliphatic rings. The number of nitrogens with zero attached hydrogens (tertiary/aromatic N) is 2. The van der Waals surface area contributed by atoms with Crippen LogP contribution in [0, 0.1) is 0 Å². The lowest BCUT2D eigenvalue weighted by atomic mass is 10.2. The van der Waals surface area contributed by atoms with Crippen molar-refractivity contribution in [1.82, 2.24) is 9.78 Å². The molecule has 0 aliphatic carbocycles. The molecule has 0 spiro atoms. The molecule has 10 heteroatoms. The fourth-order valence-corrected chi connectivity index (χ4v) is 4.43. The van der Waals surface area contributed by atoms with Gasteiger partial charge in [-0.15, -0.1) is 0 Å². The van der Waals surface area contributed by atoms with Crippen molar-refractivity contribution in [3.8, 4) is 0 Å². The van der Waals surface area contributed by atoms with Crippen molar-refractivity contribution in [2.75, 3.05) is 10.0 Å². The van der Waals surface area contributed by atoms with E-state index in [4.69, 9.17) is 11.6 Å². The molecule has 0 atom stereocenters. The normalized spacial score (nSPS) is 11.3. The fraction of sp³-hybridized carbons (Fsp3) is 0.0455. The number of benzene rings is 3. The molecule has 0 saturated carbocycles. The van der Waals surface area contributed by atoms with E-state index in [1.165, 1.54) is 24.4 Å². The predicted octanol–water partition coefficient (Wildman–Crippen LogP) is 3.49. The third-order valence-corrected chi connectivity index (χ3v) is 6.29. The van der Waals surface area contributed by atoms with Crippen LogP contribution in [0.2, 0.25) is 5.02 Å². The molecule has 0 fully saturated rings. The van der Waals surface area contributed by atoms with Crippen LogP contribution >= 0.6 is 11.6 Å². The molecule has 4 aromatic rings. The van der Waals surface area contributed by atoms with Gasteiger partial charge in [0.2, 0.25) is 5.91 Å². The summed E-state index contributed by atoms with van der Waals surface area (Å²) in [6, 6.07) is 19.1. The largest absolute Gasteiger partial charge is 0.324 e. The van der Waals surface area contributed by atoms with Crippen molar-refractivity contribution in [2.45, 2.75) is 11.4 Å². The molecule has 32 heavy (non-hydrogen) atoms. The molecule has 3 aromatic carbocycles. The highest BCUT2D eigenvalue weighted by Gasteiger charge is 2.17. The Kier molecular flexibility index (Phi) is 5.93. The first-order valence-corrected chi connectivity index (χ1v) is 11.3. The van der Waals surface area contributed by atoms with Gasteiger partial charge in [-0.25, -0.2) is 13.1 Å². The minimum atomic E-state index is -3.94. The van der Waals surface area contributed by atoms with Gasteiger partial charge < -0.3 is 5.32 Å². The first kappa shape index (κ1) is 21.5. The number of hydrogen-bond donors (Lipinski definition) is 2. The number of hydrogen-bond acceptors (Lipinski definition) is 5. The summed E-state index contributed by atoms with van der Waals surface area (Å²) in [7, 11) is -3.94. The number of halogens is 1. The van der Waals surface area contributed by atoms with E-state index in [1.54, 1.807) is 54.6 Å². The number of para-hydroxylation sites is 1. The van der Waals surface area contributed by atoms with Crippen molar-refractivity contribution in [1.29, 1.82) is 0 Å². The topological polar surface area (TPSA) is 110 Å². The number of anilines is 2. The molecule has 0 saturated heterocycles. The Morgan fingerprint density at radius 2 is 1.75 bits per heavy atom. The van der Waals surface area contributed by atoms with Crippen LogP contribution in [-0.4, -0.2) is 24.1 Å². The highest BCUT2D eigenvalue weighted by Crippen LogP contribution is 2.25. The summed E-state index contributed by atoms with van der Waals surface area (Å²) in [4.78, 5) is 24.9. The molecule has 0 aliphatic heterocycles. The molecule has 2 N–H and O–H groups in total. The number of nitrogens with one attached hydrogen (secondary N) is 2. The molecule has 4 rings (SSSR count). The molecule has 1 amide bonds. The van der Waals surface area contributed by atoms with Crippen LogP contribution in [-0.2, 0) is 21.4 Å². The Labute approximate surface area is 188 Å². The summed E-state index contributed by atoms with van der Waals surface area (Å²) in [5, 5.41) is 8.01. The number of rotatable bonds is 6. The lowest BCUT2D eigenvalue weighted by Crippen LogP contribution is -2.29. The number of aromatic nitrogens is 2. The number of fused-ring (bicyclic) bond motifs is 1. The molecule has 0 radical (unpaired) electrons. The second-order valence-corrected chi connectivity index (χ2v) is 8.95. The van der Waals surface area contributed by atoms with Crippen molar-refractivity contribution >= 4 is 49.7 Å². The number of carbonyl (C=O) groups excluding carboxylic acids is 1. The predicted molar refractivity (Wildman–Crippen MR) is 123 cm³/mol. The summed E-state index contributed by atoms with van der Waals surface area (Å²) >= 11 is 6.03. The zero-order valence-corrected chi connectivity index (χ0v) is 18.1. The molecule has 1 aromatic heterocycles. The minimum Gasteiger partial charge on any atom is -0.324 e. The van der Waals surface area contributed by atoms with Gasteiger partial charge in [-0.3, -0.25) is 14.3 Å². The van der Waals surface area contributed by atoms with E-state index in [0.717, 1.165) is 4.68 Å². The van der Waals surface area contributed by atoms with Crippen LogP contribution in [0.15, 0.2) is 88.7 Å². The molecule has 0 bridgehead atoms. The molecular weight excluding hydrogens is 452 g/mol. The highest BCUT2D eigenvalue weighted by atomic mass is 35.5. The van der Waals surface area contributed by atoms with E-state index in [0.29, 0.717) is 10.8 Å². The third kappa shape index (κ3) is 4.63. The van der Waals surface area contributed by atoms with Crippen LogP contribution in [0.3, 0.4) is 0 Å². The van der Waals surface area contributed by atoms with E-state index in [9.17, 15) is 18.0 Å². The van der Waals surface area contributed by atoms with E-state index in [-0.39, 0.29) is 27.8 Å². The van der Waals surface area contributed by atoms with E-state index in [2.05, 4.69) is 15.1 Å². The van der Waals surface area contributed by atoms with Gasteiger partial charge in [0.15, 0.2) is 0 Å². The second-order valence-electron chi connectivity index (χ2n) is 6.86. The molecule has 8 nitrogen and oxygen atoms in total. The quantitative estimate of drug-likeness (QED) is 0.450. The van der Waals surface area contributed by atoms with E-state index >= 15 is 0 Å². The maximum Gasteiger partial charge on any atom is 0.275 e. The first-order valence-electron chi connectivity index (χ1n) is 9.46. The summed E-state index contributed by atoms with van der Waals surface area (Å²) in [5.74, 6) is -0.525. The Bertz CT molecular complexity index is 1480. The van der Waals surface area contributed by atoms with Gasteiger partial charge in [0, 0.05) is 11.1 Å². The highest BCUT2D eigenvalue weighted by molar-refractivity contribution is 7.92. The minimum absolute atomic E-state index is 0.0591. The maximum atomic E-state index is 12.7. The number of sulfonamides is 1. The van der Waals surface area contributed by atoms with Gasteiger partial charge in [0.25, 0.3) is 15.6 Å². The van der Waals surface area contributed by atoms with Gasteiger partial charge in [-0.1, -0.05) is 48.0 Å². The van der Waals surface area contributed by atoms with Gasteiger partial charge in [0.05, 0.1) is 27.2 Å². The van der Waals surface area contributed by atoms with E-state index < -0.39 is 21.5 Å². The van der Waals surface area contributed by atoms with Crippen LogP contribution in [0.5, 0.6) is 0 Å². The smallest absolute Gasteiger partial charge is 0.275 e. The van der Waals surface area contributed by atoms with Crippen molar-refractivity contribution < 1.29 is 13.2 Å². The van der Waals surface area contributed by atoms with Gasteiger partial charge in [-0.2, -0.15) is 5.10 Å². The Morgan fingerprint density at radius 3 is 2.56 bits per heavy atom. The molecule has 1 heterocycles. The van der Waals surface area contributed by atoms with Crippen LogP contribution in [0.25, 0.3) is 10.8 Å². The third-order valence-electron chi connectivity index (χ3n) is 4.60. The number of carbonyl (C=O) groups is 1. The van der Waals surface area contributed by atoms with Crippen molar-refractivity contribution in [2.24, 2.45) is 0 Å². The maximum absolute atomic E-state index is 12.7. The lowest BCUT2D eigenvalue weighted by molar-refractivity contribution is -0.117. The zero-order chi connectivity index (χ0) is 22.7. The second kappa shape index (κ2) is 8.81. The van der Waals surface area contributed by atoms with Gasteiger partial charge in [-0.05, 0) is 36.4 Å². The summed E-state index contributed by atoms with van der Waals surface area (Å²) in [6.45, 7) is -0.321. The van der Waals surface area contributed by atoms with Crippen molar-refractivity contribution in [3.63, 3.8) is 0 Å². The van der Waals surface area contributed by atoms with E-state index in [1.807, 2.05) is 0 Å². The van der Waals surface area contributed by atoms with Crippen LogP contribution in [0.1, 0.15) is 0 Å². The monoisotopic (exact) mass is 468 g/mol. The van der Waals surface area contributed by atoms with Gasteiger partial charge in [0.1, 0.15) is 6.54 Å². The number of amides is 1. The van der Waals surface area contributed by atoms with Crippen molar-refractivity contribution in [3.05, 3.63) is 94.4 Å². The van der Waals surface area contributed by atoms with Crippen LogP contribution < -0.4 is 15.6 Å². The average molecular weight is 469 g/mol. The summed E-state index contributed by atoms with van der Waals surface area (Å²) in [6.07, 6.45) is 1.51.